The summed E-state index contributed by atoms with van der Waals surface area (Å²) in [6.45, 7) is 1.48. The lowest BCUT2D eigenvalue weighted by molar-refractivity contribution is -0.115. The molecule has 0 spiro atoms. The lowest BCUT2D eigenvalue weighted by Gasteiger charge is -2.12. The molecule has 2 aromatic carbocycles. The summed E-state index contributed by atoms with van der Waals surface area (Å²) in [7, 11) is 1.54. The van der Waals surface area contributed by atoms with Crippen molar-refractivity contribution in [1.82, 2.24) is 15.8 Å². The maximum absolute atomic E-state index is 12.2. The van der Waals surface area contributed by atoms with E-state index in [1.54, 1.807) is 25.1 Å². The van der Waals surface area contributed by atoms with Crippen molar-refractivity contribution in [1.29, 1.82) is 0 Å². The third kappa shape index (κ3) is 4.67. The molecule has 0 saturated carbocycles. The van der Waals surface area contributed by atoms with Gasteiger partial charge in [-0.2, -0.15) is 0 Å². The van der Waals surface area contributed by atoms with Crippen molar-refractivity contribution in [2.75, 3.05) is 18.9 Å². The van der Waals surface area contributed by atoms with Crippen molar-refractivity contribution in [3.63, 3.8) is 0 Å². The van der Waals surface area contributed by atoms with E-state index >= 15 is 0 Å². The molecular formula is C21H20N4O4. The normalized spacial score (nSPS) is 10.3. The molecule has 0 aliphatic heterocycles. The molecule has 0 aliphatic carbocycles. The maximum Gasteiger partial charge on any atom is 0.273 e. The van der Waals surface area contributed by atoms with Gasteiger partial charge >= 0.3 is 0 Å². The molecule has 0 aliphatic rings. The molecule has 148 valence electrons. The number of carbonyl (C=O) groups excluding carboxylic acids is 3. The first-order chi connectivity index (χ1) is 14.0. The van der Waals surface area contributed by atoms with E-state index in [0.717, 1.165) is 5.56 Å². The second-order valence-corrected chi connectivity index (χ2v) is 6.23. The van der Waals surface area contributed by atoms with E-state index in [1.165, 1.54) is 13.1 Å². The highest BCUT2D eigenvalue weighted by molar-refractivity contribution is 6.01. The van der Waals surface area contributed by atoms with Crippen molar-refractivity contribution >= 4 is 23.4 Å². The summed E-state index contributed by atoms with van der Waals surface area (Å²) in [6.07, 6.45) is 0. The van der Waals surface area contributed by atoms with Gasteiger partial charge in [-0.15, -0.1) is 0 Å². The summed E-state index contributed by atoms with van der Waals surface area (Å²) in [4.78, 5) is 36.3. The number of carbonyl (C=O) groups is 3. The molecule has 0 radical (unpaired) electrons. The Morgan fingerprint density at radius 3 is 2.48 bits per heavy atom. The molecule has 3 aromatic rings. The highest BCUT2D eigenvalue weighted by Gasteiger charge is 2.16. The quantitative estimate of drug-likeness (QED) is 0.596. The van der Waals surface area contributed by atoms with Gasteiger partial charge in [-0.25, -0.2) is 0 Å². The Kier molecular flexibility index (Phi) is 6.03. The van der Waals surface area contributed by atoms with Gasteiger partial charge in [-0.3, -0.25) is 14.4 Å². The Hall–Kier alpha value is -3.94. The largest absolute Gasteiger partial charge is 0.355 e. The van der Waals surface area contributed by atoms with Crippen LogP contribution in [0.1, 0.15) is 26.4 Å². The van der Waals surface area contributed by atoms with E-state index in [0.29, 0.717) is 22.6 Å². The van der Waals surface area contributed by atoms with E-state index in [4.69, 9.17) is 4.52 Å². The van der Waals surface area contributed by atoms with Crippen molar-refractivity contribution in [3.8, 4) is 11.3 Å². The number of benzene rings is 2. The average Bonchev–Trinajstić information content (AvgIpc) is 3.24. The van der Waals surface area contributed by atoms with E-state index in [1.807, 2.05) is 30.3 Å². The third-order valence-electron chi connectivity index (χ3n) is 4.29. The van der Waals surface area contributed by atoms with Crippen molar-refractivity contribution in [3.05, 3.63) is 71.4 Å². The molecule has 3 rings (SSSR count). The van der Waals surface area contributed by atoms with Gasteiger partial charge < -0.3 is 20.5 Å². The van der Waals surface area contributed by atoms with Gasteiger partial charge in [0.1, 0.15) is 0 Å². The third-order valence-corrected chi connectivity index (χ3v) is 4.29. The second kappa shape index (κ2) is 8.83. The second-order valence-electron chi connectivity index (χ2n) is 6.23. The number of aromatic nitrogens is 1. The molecule has 3 N–H and O–H groups in total. The van der Waals surface area contributed by atoms with Crippen LogP contribution in [0.5, 0.6) is 0 Å². The van der Waals surface area contributed by atoms with Crippen LogP contribution in [0.2, 0.25) is 0 Å². The number of anilines is 1. The van der Waals surface area contributed by atoms with E-state index in [9.17, 15) is 14.4 Å². The van der Waals surface area contributed by atoms with Crippen LogP contribution in [0.4, 0.5) is 5.69 Å². The van der Waals surface area contributed by atoms with Gasteiger partial charge in [-0.1, -0.05) is 41.6 Å². The maximum atomic E-state index is 12.2. The number of nitrogens with zero attached hydrogens (tertiary/aromatic N) is 1. The van der Waals surface area contributed by atoms with E-state index in [2.05, 4.69) is 21.1 Å². The number of rotatable bonds is 6. The summed E-state index contributed by atoms with van der Waals surface area (Å²) < 4.78 is 5.19. The Balaban J connectivity index is 1.59. The highest BCUT2D eigenvalue weighted by atomic mass is 16.5. The average molecular weight is 392 g/mol. The molecule has 1 heterocycles. The Bertz CT molecular complexity index is 1040. The molecule has 1 aromatic heterocycles. The van der Waals surface area contributed by atoms with E-state index < -0.39 is 11.8 Å². The molecular weight excluding hydrogens is 372 g/mol. The van der Waals surface area contributed by atoms with Gasteiger partial charge in [0.05, 0.1) is 6.54 Å². The summed E-state index contributed by atoms with van der Waals surface area (Å²) in [5.74, 6) is -0.738. The van der Waals surface area contributed by atoms with Crippen LogP contribution >= 0.6 is 0 Å². The van der Waals surface area contributed by atoms with Gasteiger partial charge in [0, 0.05) is 29.9 Å². The molecule has 0 bridgehead atoms. The lowest BCUT2D eigenvalue weighted by Crippen LogP contribution is -2.33. The Morgan fingerprint density at radius 1 is 1.00 bits per heavy atom. The van der Waals surface area contributed by atoms with Crippen LogP contribution in [0.15, 0.2) is 59.1 Å². The summed E-state index contributed by atoms with van der Waals surface area (Å²) >= 11 is 0. The molecule has 3 amide bonds. The number of amides is 3. The van der Waals surface area contributed by atoms with Crippen molar-refractivity contribution in [2.24, 2.45) is 0 Å². The standard InChI is InChI=1S/C21H20N4O4/c1-13-15(20(27)22-2)9-6-10-16(13)24-19(26)12-23-21(28)17-11-18(29-25-17)14-7-4-3-5-8-14/h3-11H,12H2,1-2H3,(H,22,27)(H,23,28)(H,24,26). The topological polar surface area (TPSA) is 113 Å². The van der Waals surface area contributed by atoms with Crippen molar-refractivity contribution in [2.45, 2.75) is 6.92 Å². The lowest BCUT2D eigenvalue weighted by atomic mass is 10.1. The highest BCUT2D eigenvalue weighted by Crippen LogP contribution is 2.20. The fourth-order valence-electron chi connectivity index (χ4n) is 2.72. The number of nitrogens with one attached hydrogen (secondary N) is 3. The molecule has 8 heteroatoms. The van der Waals surface area contributed by atoms with Gasteiger partial charge in [0.15, 0.2) is 11.5 Å². The Labute approximate surface area is 167 Å². The zero-order valence-corrected chi connectivity index (χ0v) is 16.0. The zero-order chi connectivity index (χ0) is 20.8. The minimum atomic E-state index is -0.526. The number of hydrogen-bond acceptors (Lipinski definition) is 5. The molecule has 8 nitrogen and oxygen atoms in total. The predicted octanol–water partition coefficient (Wildman–Crippen LogP) is 2.38. The summed E-state index contributed by atoms with van der Waals surface area (Å²) in [5.41, 5.74) is 2.47. The molecule has 0 fully saturated rings. The molecule has 29 heavy (non-hydrogen) atoms. The smallest absolute Gasteiger partial charge is 0.273 e. The zero-order valence-electron chi connectivity index (χ0n) is 16.0. The fraction of sp³-hybridized carbons (Fsp3) is 0.143. The van der Waals surface area contributed by atoms with Crippen LogP contribution in [0.25, 0.3) is 11.3 Å². The summed E-state index contributed by atoms with van der Waals surface area (Å²) in [6, 6.07) is 15.8. The summed E-state index contributed by atoms with van der Waals surface area (Å²) in [5, 5.41) is 11.5. The van der Waals surface area contributed by atoms with Crippen LogP contribution < -0.4 is 16.0 Å². The van der Waals surface area contributed by atoms with Crippen molar-refractivity contribution < 1.29 is 18.9 Å². The van der Waals surface area contributed by atoms with Gasteiger partial charge in [0.25, 0.3) is 11.8 Å². The first-order valence-electron chi connectivity index (χ1n) is 8.91. The first kappa shape index (κ1) is 19.8. The first-order valence-corrected chi connectivity index (χ1v) is 8.91. The Morgan fingerprint density at radius 2 is 1.76 bits per heavy atom. The SMILES string of the molecule is CNC(=O)c1cccc(NC(=O)CNC(=O)c2cc(-c3ccccc3)on2)c1C. The van der Waals surface area contributed by atoms with Gasteiger partial charge in [-0.05, 0) is 24.6 Å². The van der Waals surface area contributed by atoms with E-state index in [-0.39, 0.29) is 18.1 Å². The molecule has 0 unspecified atom stereocenters. The number of hydrogen-bond donors (Lipinski definition) is 3. The van der Waals surface area contributed by atoms with Crippen LogP contribution in [0.3, 0.4) is 0 Å². The fourth-order valence-corrected chi connectivity index (χ4v) is 2.72. The monoisotopic (exact) mass is 392 g/mol. The van der Waals surface area contributed by atoms with Crippen LogP contribution in [0, 0.1) is 6.92 Å². The minimum absolute atomic E-state index is 0.0782. The van der Waals surface area contributed by atoms with Gasteiger partial charge in [0.2, 0.25) is 5.91 Å². The molecule has 0 saturated heterocycles. The predicted molar refractivity (Wildman–Crippen MR) is 107 cm³/mol. The molecule has 0 atom stereocenters. The minimum Gasteiger partial charge on any atom is -0.355 e. The van der Waals surface area contributed by atoms with Crippen LogP contribution in [-0.2, 0) is 4.79 Å². The van der Waals surface area contributed by atoms with Crippen LogP contribution in [-0.4, -0.2) is 36.5 Å².